The average molecular weight is 464 g/mol. The molecule has 2 aliphatic heterocycles. The zero-order chi connectivity index (χ0) is 23.4. The summed E-state index contributed by atoms with van der Waals surface area (Å²) in [5.41, 5.74) is 3.82. The Balaban J connectivity index is 1.63. The van der Waals surface area contributed by atoms with Crippen LogP contribution in [0.25, 0.3) is 0 Å². The van der Waals surface area contributed by atoms with Crippen LogP contribution in [0.5, 0.6) is 0 Å². The lowest BCUT2D eigenvalue weighted by Gasteiger charge is -2.36. The number of nitrogens with one attached hydrogen (secondary N) is 1. The maximum Gasteiger partial charge on any atom is 0.338 e. The van der Waals surface area contributed by atoms with Crippen molar-refractivity contribution in [2.75, 3.05) is 6.61 Å². The second kappa shape index (κ2) is 9.95. The van der Waals surface area contributed by atoms with E-state index >= 15 is 0 Å². The van der Waals surface area contributed by atoms with E-state index < -0.39 is 12.0 Å². The number of aryl methyl sites for hydroxylation is 1. The fraction of sp³-hybridized carbons (Fsp3) is 0.240. The monoisotopic (exact) mass is 463 g/mol. The molecule has 8 heteroatoms. The highest BCUT2D eigenvalue weighted by Gasteiger charge is 2.41. The van der Waals surface area contributed by atoms with Gasteiger partial charge in [-0.05, 0) is 37.0 Å². The van der Waals surface area contributed by atoms with Crippen molar-refractivity contribution >= 4 is 28.8 Å². The molecule has 7 nitrogen and oxygen atoms in total. The number of nitrogens with zero attached hydrogens (tertiary/aromatic N) is 2. The fourth-order valence-electron chi connectivity index (χ4n) is 3.82. The van der Waals surface area contributed by atoms with Crippen LogP contribution in [0, 0.1) is 6.92 Å². The summed E-state index contributed by atoms with van der Waals surface area (Å²) < 4.78 is 10.7. The van der Waals surface area contributed by atoms with E-state index in [1.165, 1.54) is 17.8 Å². The number of rotatable bonds is 8. The lowest BCUT2D eigenvalue weighted by Crippen LogP contribution is -2.38. The van der Waals surface area contributed by atoms with Gasteiger partial charge in [0.05, 0.1) is 36.5 Å². The molecule has 0 saturated heterocycles. The molecule has 1 aromatic heterocycles. The van der Waals surface area contributed by atoms with Crippen molar-refractivity contribution in [3.63, 3.8) is 0 Å². The number of aliphatic imine (C=N–C) groups is 1. The first-order valence-electron chi connectivity index (χ1n) is 10.6. The highest BCUT2D eigenvalue weighted by molar-refractivity contribution is 8.16. The van der Waals surface area contributed by atoms with Crippen molar-refractivity contribution in [2.24, 2.45) is 4.99 Å². The molecule has 1 atom stereocenters. The summed E-state index contributed by atoms with van der Waals surface area (Å²) in [6.07, 6.45) is 3.25. The maximum atomic E-state index is 13.0. The van der Waals surface area contributed by atoms with Gasteiger partial charge in [0.25, 0.3) is 0 Å². The third kappa shape index (κ3) is 4.96. The van der Waals surface area contributed by atoms with Gasteiger partial charge in [-0.2, -0.15) is 0 Å². The summed E-state index contributed by atoms with van der Waals surface area (Å²) in [6, 6.07) is 11.1. The van der Waals surface area contributed by atoms with E-state index in [0.29, 0.717) is 23.6 Å². The lowest BCUT2D eigenvalue weighted by atomic mass is 9.93. The number of furan rings is 1. The minimum atomic E-state index is -0.450. The molecule has 170 valence electrons. The van der Waals surface area contributed by atoms with Gasteiger partial charge < -0.3 is 19.4 Å². The number of thioether (sulfide) groups is 1. The highest BCUT2D eigenvalue weighted by atomic mass is 32.2. The van der Waals surface area contributed by atoms with Crippen LogP contribution < -0.4 is 5.32 Å². The number of hydrogen-bond acceptors (Lipinski definition) is 7. The summed E-state index contributed by atoms with van der Waals surface area (Å²) in [4.78, 5) is 32.4. The molecular formula is C25H25N3O4S. The minimum Gasteiger partial charge on any atom is -0.467 e. The Kier molecular flexibility index (Phi) is 6.84. The Morgan fingerprint density at radius 2 is 2.15 bits per heavy atom. The van der Waals surface area contributed by atoms with Crippen LogP contribution in [0.3, 0.4) is 0 Å². The molecule has 2 aliphatic rings. The highest BCUT2D eigenvalue weighted by Crippen LogP contribution is 2.44. The number of amides is 1. The predicted molar refractivity (Wildman–Crippen MR) is 128 cm³/mol. The number of benzene rings is 1. The molecule has 33 heavy (non-hydrogen) atoms. The first-order chi connectivity index (χ1) is 16.0. The van der Waals surface area contributed by atoms with Crippen molar-refractivity contribution in [3.8, 4) is 0 Å². The predicted octanol–water partition coefficient (Wildman–Crippen LogP) is 4.60. The van der Waals surface area contributed by atoms with Gasteiger partial charge in [0.1, 0.15) is 12.4 Å². The van der Waals surface area contributed by atoms with Crippen LogP contribution in [-0.2, 0) is 20.9 Å². The molecule has 4 rings (SSSR count). The zero-order valence-corrected chi connectivity index (χ0v) is 19.4. The molecule has 3 heterocycles. The van der Waals surface area contributed by atoms with E-state index in [9.17, 15) is 9.59 Å². The molecule has 0 unspecified atom stereocenters. The first-order valence-corrected chi connectivity index (χ1v) is 11.4. The molecule has 1 amide bonds. The number of allylic oxidation sites excluding steroid dienone is 1. The SMILES string of the molecule is C=CCOC(=O)C1=C(C)N=C2SC=C(CC(=O)NCc3ccco3)N2[C@@H]1c1cccc(C)c1. The van der Waals surface area contributed by atoms with Gasteiger partial charge in [0.15, 0.2) is 5.17 Å². The normalized spacial score (nSPS) is 17.3. The van der Waals surface area contributed by atoms with Gasteiger partial charge in [-0.15, -0.1) is 0 Å². The molecule has 0 fully saturated rings. The summed E-state index contributed by atoms with van der Waals surface area (Å²) in [5, 5.41) is 5.52. The number of ether oxygens (including phenoxy) is 1. The second-order valence-corrected chi connectivity index (χ2v) is 8.56. The number of hydrogen-bond donors (Lipinski definition) is 1. The molecular weight excluding hydrogens is 438 g/mol. The molecule has 1 aromatic carbocycles. The van der Waals surface area contributed by atoms with Crippen LogP contribution in [0.1, 0.15) is 36.3 Å². The van der Waals surface area contributed by atoms with Crippen molar-refractivity contribution in [2.45, 2.75) is 32.9 Å². The summed E-state index contributed by atoms with van der Waals surface area (Å²) >= 11 is 1.44. The fourth-order valence-corrected chi connectivity index (χ4v) is 4.79. The Morgan fingerprint density at radius 1 is 1.30 bits per heavy atom. The number of carbonyl (C=O) groups excluding carboxylic acids is 2. The van der Waals surface area contributed by atoms with E-state index in [1.807, 2.05) is 54.5 Å². The number of fused-ring (bicyclic) bond motifs is 1. The third-order valence-corrected chi connectivity index (χ3v) is 6.18. The van der Waals surface area contributed by atoms with Gasteiger partial charge in [0, 0.05) is 5.70 Å². The molecule has 0 aliphatic carbocycles. The van der Waals surface area contributed by atoms with E-state index in [-0.39, 0.29) is 18.9 Å². The molecule has 0 saturated carbocycles. The van der Waals surface area contributed by atoms with Crippen LogP contribution in [0.15, 0.2) is 87.1 Å². The van der Waals surface area contributed by atoms with Gasteiger partial charge in [-0.3, -0.25) is 4.79 Å². The molecule has 0 bridgehead atoms. The van der Waals surface area contributed by atoms with E-state index in [4.69, 9.17) is 9.15 Å². The van der Waals surface area contributed by atoms with Crippen LogP contribution >= 0.6 is 11.8 Å². The number of esters is 1. The Morgan fingerprint density at radius 3 is 2.88 bits per heavy atom. The van der Waals surface area contributed by atoms with Crippen LogP contribution in [0.2, 0.25) is 0 Å². The number of amidine groups is 1. The molecule has 0 spiro atoms. The second-order valence-electron chi connectivity index (χ2n) is 7.73. The van der Waals surface area contributed by atoms with E-state index in [0.717, 1.165) is 22.0 Å². The Bertz CT molecular complexity index is 1160. The van der Waals surface area contributed by atoms with Crippen LogP contribution in [-0.4, -0.2) is 28.6 Å². The van der Waals surface area contributed by atoms with Crippen molar-refractivity contribution in [1.29, 1.82) is 0 Å². The largest absolute Gasteiger partial charge is 0.467 e. The van der Waals surface area contributed by atoms with E-state index in [2.05, 4.69) is 16.9 Å². The van der Waals surface area contributed by atoms with Gasteiger partial charge in [-0.25, -0.2) is 9.79 Å². The summed E-state index contributed by atoms with van der Waals surface area (Å²) in [6.45, 7) is 7.86. The topological polar surface area (TPSA) is 84.1 Å². The van der Waals surface area contributed by atoms with Gasteiger partial charge >= 0.3 is 5.97 Å². The van der Waals surface area contributed by atoms with Gasteiger partial charge in [0.2, 0.25) is 5.91 Å². The van der Waals surface area contributed by atoms with Gasteiger partial charge in [-0.1, -0.05) is 54.2 Å². The Hall–Kier alpha value is -3.52. The van der Waals surface area contributed by atoms with Crippen molar-refractivity contribution in [3.05, 3.63) is 94.6 Å². The smallest absolute Gasteiger partial charge is 0.338 e. The zero-order valence-electron chi connectivity index (χ0n) is 18.5. The average Bonchev–Trinajstić information content (AvgIpc) is 3.45. The van der Waals surface area contributed by atoms with Crippen LogP contribution in [0.4, 0.5) is 0 Å². The minimum absolute atomic E-state index is 0.110. The lowest BCUT2D eigenvalue weighted by molar-refractivity contribution is -0.138. The maximum absolute atomic E-state index is 13.0. The first kappa shape index (κ1) is 22.7. The molecule has 0 radical (unpaired) electrons. The van der Waals surface area contributed by atoms with Crippen molar-refractivity contribution < 1.29 is 18.7 Å². The summed E-state index contributed by atoms with van der Waals surface area (Å²) in [5.74, 6) is 0.0894. The molecule has 2 aromatic rings. The summed E-state index contributed by atoms with van der Waals surface area (Å²) in [7, 11) is 0. The number of carbonyl (C=O) groups is 2. The standard InChI is InChI=1S/C25H25N3O4S/c1-4-10-32-24(30)22-17(3)27-25-28(23(22)18-8-5-7-16(2)12-18)19(15-33-25)13-21(29)26-14-20-9-6-11-31-20/h4-9,11-12,15,23H,1,10,13-14H2,2-3H3,(H,26,29)/t23-/m1/s1. The van der Waals surface area contributed by atoms with Crippen molar-refractivity contribution in [1.82, 2.24) is 10.2 Å². The quantitative estimate of drug-likeness (QED) is 0.455. The molecule has 1 N–H and O–H groups in total. The Labute approximate surface area is 196 Å². The third-order valence-electron chi connectivity index (χ3n) is 5.29. The van der Waals surface area contributed by atoms with E-state index in [1.54, 1.807) is 12.3 Å².